The lowest BCUT2D eigenvalue weighted by atomic mass is 9.85. The number of halogens is 2. The Morgan fingerprint density at radius 1 is 1.40 bits per heavy atom. The van der Waals surface area contributed by atoms with Crippen molar-refractivity contribution in [1.82, 2.24) is 5.32 Å². The van der Waals surface area contributed by atoms with Gasteiger partial charge in [-0.15, -0.1) is 0 Å². The number of carboxylic acids is 1. The van der Waals surface area contributed by atoms with Gasteiger partial charge in [0.05, 0.1) is 5.92 Å². The number of hydrogen-bond acceptors (Lipinski definition) is 2. The normalized spacial score (nSPS) is 24.4. The third-order valence-corrected chi connectivity index (χ3v) is 4.51. The van der Waals surface area contributed by atoms with Gasteiger partial charge in [0, 0.05) is 22.1 Å². The highest BCUT2D eigenvalue weighted by atomic mass is 35.5. The first kappa shape index (κ1) is 15.6. The molecule has 0 saturated heterocycles. The van der Waals surface area contributed by atoms with E-state index in [2.05, 4.69) is 5.32 Å². The van der Waals surface area contributed by atoms with E-state index in [4.69, 9.17) is 28.3 Å². The van der Waals surface area contributed by atoms with Crippen molar-refractivity contribution in [3.8, 4) is 0 Å². The van der Waals surface area contributed by atoms with E-state index in [0.29, 0.717) is 16.5 Å². The van der Waals surface area contributed by atoms with Crippen LogP contribution in [0.1, 0.15) is 44.2 Å². The van der Waals surface area contributed by atoms with Crippen LogP contribution in [0.4, 0.5) is 0 Å². The molecule has 3 atom stereocenters. The zero-order valence-corrected chi connectivity index (χ0v) is 12.9. The summed E-state index contributed by atoms with van der Waals surface area (Å²) in [5.41, 5.74) is 0.955. The molecule has 110 valence electrons. The minimum absolute atomic E-state index is 0.0544. The maximum absolute atomic E-state index is 11.1. The van der Waals surface area contributed by atoms with Gasteiger partial charge < -0.3 is 10.4 Å². The average molecular weight is 316 g/mol. The molecule has 1 fully saturated rings. The van der Waals surface area contributed by atoms with Crippen LogP contribution >= 0.6 is 23.2 Å². The Bertz CT molecular complexity index is 493. The molecule has 1 aromatic rings. The van der Waals surface area contributed by atoms with Gasteiger partial charge in [0.2, 0.25) is 0 Å². The molecule has 1 saturated carbocycles. The molecule has 5 heteroatoms. The highest BCUT2D eigenvalue weighted by Gasteiger charge is 2.28. The standard InChI is InChI=1S/C15H19Cl2NO2/c1-9(13-8-11(16)5-6-14(13)17)18-12-4-2-3-10(7-12)15(19)20/h5-6,8-10,12,18H,2-4,7H2,1H3,(H,19,20). The van der Waals surface area contributed by atoms with Crippen molar-refractivity contribution in [2.75, 3.05) is 0 Å². The summed E-state index contributed by atoms with van der Waals surface area (Å²) in [6.45, 7) is 2.03. The van der Waals surface area contributed by atoms with Crippen LogP contribution in [0.5, 0.6) is 0 Å². The number of carbonyl (C=O) groups is 1. The van der Waals surface area contributed by atoms with Gasteiger partial charge in [0.25, 0.3) is 0 Å². The van der Waals surface area contributed by atoms with E-state index in [1.807, 2.05) is 13.0 Å². The maximum atomic E-state index is 11.1. The molecule has 0 spiro atoms. The molecule has 3 unspecified atom stereocenters. The van der Waals surface area contributed by atoms with Crippen LogP contribution in [0.3, 0.4) is 0 Å². The van der Waals surface area contributed by atoms with Gasteiger partial charge >= 0.3 is 5.97 Å². The van der Waals surface area contributed by atoms with Gasteiger partial charge in [-0.2, -0.15) is 0 Å². The summed E-state index contributed by atoms with van der Waals surface area (Å²) in [6.07, 6.45) is 3.41. The van der Waals surface area contributed by atoms with Crippen molar-refractivity contribution < 1.29 is 9.90 Å². The highest BCUT2D eigenvalue weighted by Crippen LogP contribution is 2.30. The molecule has 0 aliphatic heterocycles. The SMILES string of the molecule is CC(NC1CCCC(C(=O)O)C1)c1cc(Cl)ccc1Cl. The van der Waals surface area contributed by atoms with Crippen LogP contribution in [0, 0.1) is 5.92 Å². The number of nitrogens with one attached hydrogen (secondary N) is 1. The molecule has 0 radical (unpaired) electrons. The summed E-state index contributed by atoms with van der Waals surface area (Å²) >= 11 is 12.2. The fourth-order valence-electron chi connectivity index (χ4n) is 2.86. The van der Waals surface area contributed by atoms with Crippen molar-refractivity contribution in [2.24, 2.45) is 5.92 Å². The molecule has 1 aromatic carbocycles. The first-order valence-corrected chi connectivity index (χ1v) is 7.66. The fraction of sp³-hybridized carbons (Fsp3) is 0.533. The predicted octanol–water partition coefficient (Wildman–Crippen LogP) is 4.29. The van der Waals surface area contributed by atoms with E-state index in [9.17, 15) is 4.79 Å². The number of carboxylic acid groups (broad SMARTS) is 1. The predicted molar refractivity (Wildman–Crippen MR) is 81.4 cm³/mol. The Labute approximate surface area is 129 Å². The van der Waals surface area contributed by atoms with Crippen LogP contribution in [0.15, 0.2) is 18.2 Å². The number of aliphatic carboxylic acids is 1. The quantitative estimate of drug-likeness (QED) is 0.871. The Morgan fingerprint density at radius 2 is 2.15 bits per heavy atom. The van der Waals surface area contributed by atoms with Crippen molar-refractivity contribution in [3.63, 3.8) is 0 Å². The maximum Gasteiger partial charge on any atom is 0.306 e. The molecule has 0 amide bonds. The lowest BCUT2D eigenvalue weighted by Crippen LogP contribution is -2.37. The van der Waals surface area contributed by atoms with Crippen LogP contribution in [0.2, 0.25) is 10.0 Å². The molecular formula is C15H19Cl2NO2. The smallest absolute Gasteiger partial charge is 0.306 e. The van der Waals surface area contributed by atoms with Crippen LogP contribution in [-0.4, -0.2) is 17.1 Å². The molecular weight excluding hydrogens is 297 g/mol. The number of hydrogen-bond donors (Lipinski definition) is 2. The van der Waals surface area contributed by atoms with Crippen molar-refractivity contribution >= 4 is 29.2 Å². The summed E-state index contributed by atoms with van der Waals surface area (Å²) in [4.78, 5) is 11.1. The summed E-state index contributed by atoms with van der Waals surface area (Å²) in [7, 11) is 0. The Morgan fingerprint density at radius 3 is 2.85 bits per heavy atom. The topological polar surface area (TPSA) is 49.3 Å². The Kier molecular flexibility index (Phi) is 5.30. The molecule has 1 aliphatic carbocycles. The molecule has 3 nitrogen and oxygen atoms in total. The lowest BCUT2D eigenvalue weighted by Gasteiger charge is -2.30. The third kappa shape index (κ3) is 3.87. The van der Waals surface area contributed by atoms with Crippen LogP contribution < -0.4 is 5.32 Å². The second-order valence-electron chi connectivity index (χ2n) is 5.45. The molecule has 20 heavy (non-hydrogen) atoms. The number of benzene rings is 1. The van der Waals surface area contributed by atoms with Crippen molar-refractivity contribution in [1.29, 1.82) is 0 Å². The van der Waals surface area contributed by atoms with Gasteiger partial charge in [0.15, 0.2) is 0 Å². The highest BCUT2D eigenvalue weighted by molar-refractivity contribution is 6.33. The zero-order valence-electron chi connectivity index (χ0n) is 11.4. The largest absolute Gasteiger partial charge is 0.481 e. The van der Waals surface area contributed by atoms with E-state index >= 15 is 0 Å². The van der Waals surface area contributed by atoms with Crippen molar-refractivity contribution in [3.05, 3.63) is 33.8 Å². The first-order valence-electron chi connectivity index (χ1n) is 6.91. The first-order chi connectivity index (χ1) is 9.47. The van der Waals surface area contributed by atoms with E-state index < -0.39 is 5.97 Å². The van der Waals surface area contributed by atoms with Crippen LogP contribution in [0.25, 0.3) is 0 Å². The molecule has 2 N–H and O–H groups in total. The molecule has 0 aromatic heterocycles. The molecule has 1 aliphatic rings. The minimum Gasteiger partial charge on any atom is -0.481 e. The lowest BCUT2D eigenvalue weighted by molar-refractivity contribution is -0.143. The minimum atomic E-state index is -0.690. The fourth-order valence-corrected chi connectivity index (χ4v) is 3.32. The monoisotopic (exact) mass is 315 g/mol. The molecule has 0 heterocycles. The average Bonchev–Trinajstić information content (AvgIpc) is 2.41. The Balaban J connectivity index is 2.02. The van der Waals surface area contributed by atoms with E-state index in [0.717, 1.165) is 24.8 Å². The molecule has 2 rings (SSSR count). The summed E-state index contributed by atoms with van der Waals surface area (Å²) in [6, 6.07) is 5.69. The number of rotatable bonds is 4. The van der Waals surface area contributed by atoms with Gasteiger partial charge in [-0.25, -0.2) is 0 Å². The summed E-state index contributed by atoms with van der Waals surface area (Å²) < 4.78 is 0. The van der Waals surface area contributed by atoms with Gasteiger partial charge in [-0.05, 0) is 49.9 Å². The van der Waals surface area contributed by atoms with Crippen LogP contribution in [-0.2, 0) is 4.79 Å². The zero-order chi connectivity index (χ0) is 14.7. The van der Waals surface area contributed by atoms with E-state index in [1.165, 1.54) is 0 Å². The van der Waals surface area contributed by atoms with Crippen molar-refractivity contribution in [2.45, 2.75) is 44.7 Å². The molecule has 0 bridgehead atoms. The van der Waals surface area contributed by atoms with E-state index in [-0.39, 0.29) is 18.0 Å². The Hall–Kier alpha value is -0.770. The summed E-state index contributed by atoms with van der Waals surface area (Å²) in [5, 5.41) is 13.9. The summed E-state index contributed by atoms with van der Waals surface area (Å²) in [5.74, 6) is -0.923. The third-order valence-electron chi connectivity index (χ3n) is 3.93. The van der Waals surface area contributed by atoms with E-state index in [1.54, 1.807) is 12.1 Å². The van der Waals surface area contributed by atoms with Gasteiger partial charge in [-0.3, -0.25) is 4.79 Å². The van der Waals surface area contributed by atoms with Gasteiger partial charge in [0.1, 0.15) is 0 Å². The second kappa shape index (κ2) is 6.79. The van der Waals surface area contributed by atoms with Gasteiger partial charge in [-0.1, -0.05) is 29.6 Å². The second-order valence-corrected chi connectivity index (χ2v) is 6.30.